The lowest BCUT2D eigenvalue weighted by Crippen LogP contribution is -2.25. The Morgan fingerprint density at radius 1 is 1.14 bits per heavy atom. The quantitative estimate of drug-likeness (QED) is 0.594. The van der Waals surface area contributed by atoms with E-state index in [0.717, 1.165) is 18.8 Å². The molecule has 1 aromatic carbocycles. The Hall–Kier alpha value is -1.51. The van der Waals surface area contributed by atoms with Gasteiger partial charge in [0.2, 0.25) is 0 Å². The second-order valence-electron chi connectivity index (χ2n) is 5.23. The number of carbonyl (C=O) groups is 1. The third kappa shape index (κ3) is 5.41. The zero-order valence-electron chi connectivity index (χ0n) is 13.7. The van der Waals surface area contributed by atoms with E-state index in [-0.39, 0.29) is 5.78 Å². The summed E-state index contributed by atoms with van der Waals surface area (Å²) in [6.45, 7) is 12.5. The van der Waals surface area contributed by atoms with Gasteiger partial charge in [0.15, 0.2) is 5.78 Å². The van der Waals surface area contributed by atoms with Gasteiger partial charge in [-0.2, -0.15) is 0 Å². The smallest absolute Gasteiger partial charge is 0.167 e. The summed E-state index contributed by atoms with van der Waals surface area (Å²) in [6, 6.07) is 5.82. The molecule has 0 heterocycles. The number of hydrogen-bond donors (Lipinski definition) is 0. The molecular formula is C18H28NO2. The predicted octanol–water partition coefficient (Wildman–Crippen LogP) is 4.51. The van der Waals surface area contributed by atoms with Crippen LogP contribution in [0.2, 0.25) is 0 Å². The van der Waals surface area contributed by atoms with Gasteiger partial charge in [-0.3, -0.25) is 4.79 Å². The number of unbranched alkanes of at least 4 members (excludes halogenated alkanes) is 2. The second kappa shape index (κ2) is 9.43. The second-order valence-corrected chi connectivity index (χ2v) is 5.23. The van der Waals surface area contributed by atoms with E-state index >= 15 is 0 Å². The number of anilines is 1. The number of carbonyl (C=O) groups excluding carboxylic acids is 1. The lowest BCUT2D eigenvalue weighted by Gasteiger charge is -2.25. The molecule has 0 bridgehead atoms. The molecule has 0 aliphatic heterocycles. The molecule has 0 spiro atoms. The molecule has 0 aliphatic carbocycles. The molecule has 0 amide bonds. The summed E-state index contributed by atoms with van der Waals surface area (Å²) >= 11 is 0. The summed E-state index contributed by atoms with van der Waals surface area (Å²) in [6.07, 6.45) is 4.69. The molecule has 0 aliphatic rings. The monoisotopic (exact) mass is 290 g/mol. The summed E-state index contributed by atoms with van der Waals surface area (Å²) in [5.41, 5.74) is 1.69. The molecule has 21 heavy (non-hydrogen) atoms. The molecule has 0 saturated carbocycles. The Labute approximate surface area is 129 Å². The van der Waals surface area contributed by atoms with Crippen molar-refractivity contribution < 1.29 is 9.53 Å². The van der Waals surface area contributed by atoms with Crippen molar-refractivity contribution in [3.63, 3.8) is 0 Å². The van der Waals surface area contributed by atoms with Gasteiger partial charge in [-0.1, -0.05) is 26.7 Å². The Bertz CT molecular complexity index is 435. The van der Waals surface area contributed by atoms with Crippen LogP contribution in [0.4, 0.5) is 5.69 Å². The zero-order chi connectivity index (χ0) is 15.7. The van der Waals surface area contributed by atoms with Crippen LogP contribution in [0.3, 0.4) is 0 Å². The fourth-order valence-corrected chi connectivity index (χ4v) is 2.28. The van der Waals surface area contributed by atoms with Crippen LogP contribution in [0.1, 0.15) is 56.8 Å². The number of nitrogens with zero attached hydrogens (tertiary/aromatic N) is 1. The van der Waals surface area contributed by atoms with Gasteiger partial charge in [0, 0.05) is 31.8 Å². The molecule has 1 aromatic rings. The fraction of sp³-hybridized carbons (Fsp3) is 0.556. The Morgan fingerprint density at radius 2 is 1.76 bits per heavy atom. The van der Waals surface area contributed by atoms with Crippen LogP contribution in [-0.4, -0.2) is 25.5 Å². The van der Waals surface area contributed by atoms with Crippen LogP contribution in [-0.2, 0) is 0 Å². The highest BCUT2D eigenvalue weighted by molar-refractivity contribution is 6.02. The fourth-order valence-electron chi connectivity index (χ4n) is 2.28. The minimum Gasteiger partial charge on any atom is -0.493 e. The molecule has 0 fully saturated rings. The maximum absolute atomic E-state index is 11.6. The highest BCUT2D eigenvalue weighted by Gasteiger charge is 2.12. The summed E-state index contributed by atoms with van der Waals surface area (Å²) in [5, 5.41) is 0. The first kappa shape index (κ1) is 17.5. The molecular weight excluding hydrogens is 262 g/mol. The van der Waals surface area contributed by atoms with Crippen molar-refractivity contribution >= 4 is 11.5 Å². The van der Waals surface area contributed by atoms with Crippen molar-refractivity contribution in [2.75, 3.05) is 24.6 Å². The highest BCUT2D eigenvalue weighted by atomic mass is 16.5. The first-order valence-corrected chi connectivity index (χ1v) is 8.02. The Balaban J connectivity index is 3.00. The van der Waals surface area contributed by atoms with Crippen LogP contribution in [0, 0.1) is 6.92 Å². The number of hydrogen-bond acceptors (Lipinski definition) is 3. The maximum Gasteiger partial charge on any atom is 0.167 e. The summed E-state index contributed by atoms with van der Waals surface area (Å²) in [5.74, 6) is 0.451. The van der Waals surface area contributed by atoms with Gasteiger partial charge >= 0.3 is 0 Å². The number of rotatable bonds is 10. The van der Waals surface area contributed by atoms with Gasteiger partial charge in [0.05, 0.1) is 12.2 Å². The van der Waals surface area contributed by atoms with E-state index in [1.807, 2.05) is 25.1 Å². The zero-order valence-corrected chi connectivity index (χ0v) is 13.7. The number of benzene rings is 1. The van der Waals surface area contributed by atoms with Crippen molar-refractivity contribution in [3.05, 3.63) is 30.7 Å². The van der Waals surface area contributed by atoms with Crippen LogP contribution >= 0.6 is 0 Å². The van der Waals surface area contributed by atoms with E-state index < -0.39 is 0 Å². The minimum absolute atomic E-state index is 0.196. The van der Waals surface area contributed by atoms with E-state index in [9.17, 15) is 4.79 Å². The van der Waals surface area contributed by atoms with Crippen molar-refractivity contribution in [1.29, 1.82) is 0 Å². The van der Waals surface area contributed by atoms with E-state index in [0.29, 0.717) is 17.9 Å². The lowest BCUT2D eigenvalue weighted by atomic mass is 10.1. The van der Waals surface area contributed by atoms with Crippen molar-refractivity contribution in [2.45, 2.75) is 46.5 Å². The SMILES string of the molecule is [CH2]C(=O)c1ccc(N(CCCC)CCCC)cc1OCC. The molecule has 0 saturated heterocycles. The summed E-state index contributed by atoms with van der Waals surface area (Å²) in [7, 11) is 0. The predicted molar refractivity (Wildman–Crippen MR) is 89.3 cm³/mol. The summed E-state index contributed by atoms with van der Waals surface area (Å²) < 4.78 is 5.61. The standard InChI is InChI=1S/C18H28NO2/c1-5-8-12-19(13-9-6-2)16-10-11-17(15(4)20)18(14-16)21-7-3/h10-11,14H,4-9,12-13H2,1-3H3. The van der Waals surface area contributed by atoms with Gasteiger partial charge in [-0.25, -0.2) is 0 Å². The molecule has 0 N–H and O–H groups in total. The van der Waals surface area contributed by atoms with Crippen molar-refractivity contribution in [3.8, 4) is 5.75 Å². The van der Waals surface area contributed by atoms with E-state index in [4.69, 9.17) is 4.74 Å². The molecule has 3 nitrogen and oxygen atoms in total. The van der Waals surface area contributed by atoms with E-state index in [2.05, 4.69) is 25.7 Å². The highest BCUT2D eigenvalue weighted by Crippen LogP contribution is 2.27. The summed E-state index contributed by atoms with van der Waals surface area (Å²) in [4.78, 5) is 13.9. The lowest BCUT2D eigenvalue weighted by molar-refractivity contribution is 0.104. The topological polar surface area (TPSA) is 29.5 Å². The first-order valence-electron chi connectivity index (χ1n) is 8.02. The van der Waals surface area contributed by atoms with Crippen LogP contribution < -0.4 is 9.64 Å². The molecule has 1 radical (unpaired) electrons. The number of ketones is 1. The Kier molecular flexibility index (Phi) is 7.88. The van der Waals surface area contributed by atoms with E-state index in [1.54, 1.807) is 0 Å². The molecule has 3 heteroatoms. The number of ether oxygens (including phenoxy) is 1. The van der Waals surface area contributed by atoms with Crippen LogP contribution in [0.15, 0.2) is 18.2 Å². The molecule has 0 unspecified atom stereocenters. The molecule has 117 valence electrons. The number of Topliss-reactive ketones (excluding diaryl/α,β-unsaturated/α-hetero) is 1. The average molecular weight is 290 g/mol. The van der Waals surface area contributed by atoms with Crippen LogP contribution in [0.5, 0.6) is 5.75 Å². The normalized spacial score (nSPS) is 10.5. The largest absolute Gasteiger partial charge is 0.493 e. The Morgan fingerprint density at radius 3 is 2.24 bits per heavy atom. The van der Waals surface area contributed by atoms with Gasteiger partial charge < -0.3 is 9.64 Å². The van der Waals surface area contributed by atoms with Gasteiger partial charge in [-0.15, -0.1) is 0 Å². The van der Waals surface area contributed by atoms with Crippen molar-refractivity contribution in [2.24, 2.45) is 0 Å². The third-order valence-corrected chi connectivity index (χ3v) is 3.49. The molecule has 1 rings (SSSR count). The maximum atomic E-state index is 11.6. The average Bonchev–Trinajstić information content (AvgIpc) is 2.47. The molecule has 0 atom stereocenters. The van der Waals surface area contributed by atoms with Gasteiger partial charge in [0.1, 0.15) is 5.75 Å². The molecule has 0 aromatic heterocycles. The van der Waals surface area contributed by atoms with Crippen LogP contribution in [0.25, 0.3) is 0 Å². The van der Waals surface area contributed by atoms with E-state index in [1.165, 1.54) is 25.7 Å². The third-order valence-electron chi connectivity index (χ3n) is 3.49. The van der Waals surface area contributed by atoms with Gasteiger partial charge in [0.25, 0.3) is 0 Å². The van der Waals surface area contributed by atoms with Crippen molar-refractivity contribution in [1.82, 2.24) is 0 Å². The van der Waals surface area contributed by atoms with Gasteiger partial charge in [-0.05, 0) is 31.9 Å². The first-order chi connectivity index (χ1) is 10.1. The minimum atomic E-state index is -0.196.